The molecule has 2 fully saturated rings. The van der Waals surface area contributed by atoms with E-state index in [1.54, 1.807) is 54.6 Å². The van der Waals surface area contributed by atoms with Crippen LogP contribution in [0.4, 0.5) is 5.69 Å². The SMILES string of the molecule is Cc1c(Cl)ccc2c1NC(=O)[C@]21N[C@H](Cc2ccc(O)cc2)[C@H]2C(=O)N(Cc3ccc4c(c3)OCO4)C(=O)[C@@H]21. The molecule has 4 heterocycles. The normalized spacial score (nSPS) is 26.4. The summed E-state index contributed by atoms with van der Waals surface area (Å²) in [4.78, 5) is 43.1. The summed E-state index contributed by atoms with van der Waals surface area (Å²) in [6.45, 7) is 1.99. The van der Waals surface area contributed by atoms with Gasteiger partial charge >= 0.3 is 0 Å². The Hall–Kier alpha value is -4.08. The van der Waals surface area contributed by atoms with Crippen molar-refractivity contribution in [2.75, 3.05) is 12.1 Å². The van der Waals surface area contributed by atoms with E-state index < -0.39 is 29.3 Å². The predicted octanol–water partition coefficient (Wildman–Crippen LogP) is 3.25. The molecule has 198 valence electrons. The van der Waals surface area contributed by atoms with Crippen molar-refractivity contribution in [3.05, 3.63) is 81.9 Å². The number of aromatic hydroxyl groups is 1. The van der Waals surface area contributed by atoms with Crippen LogP contribution in [0.5, 0.6) is 17.2 Å². The number of carbonyl (C=O) groups excluding carboxylic acids is 3. The number of anilines is 1. The lowest BCUT2D eigenvalue weighted by atomic mass is 9.76. The Balaban J connectivity index is 1.31. The second-order valence-corrected chi connectivity index (χ2v) is 10.8. The molecular formula is C29H24ClN3O6. The van der Waals surface area contributed by atoms with Crippen molar-refractivity contribution < 1.29 is 29.0 Å². The maximum atomic E-state index is 14.1. The molecule has 0 aromatic heterocycles. The van der Waals surface area contributed by atoms with Crippen LogP contribution in [0.25, 0.3) is 0 Å². The van der Waals surface area contributed by atoms with Crippen molar-refractivity contribution in [1.29, 1.82) is 0 Å². The third-order valence-electron chi connectivity index (χ3n) is 8.35. The molecule has 4 aliphatic rings. The number of rotatable bonds is 4. The second kappa shape index (κ2) is 8.46. The lowest BCUT2D eigenvalue weighted by Crippen LogP contribution is -2.53. The Morgan fingerprint density at radius 3 is 2.54 bits per heavy atom. The minimum Gasteiger partial charge on any atom is -0.508 e. The standard InChI is InChI=1S/C29H24ClN3O6/c1-14-19(30)8-7-18-25(14)31-28(37)29(18)24-23(20(32-29)10-15-2-5-17(34)6-3-15)26(35)33(27(24)36)12-16-4-9-21-22(11-16)39-13-38-21/h2-9,11,20,23-24,32,34H,10,12-13H2,1H3,(H,31,37)/t20-,23-,24-,29+/m1/s1. The zero-order valence-corrected chi connectivity index (χ0v) is 21.6. The van der Waals surface area contributed by atoms with Gasteiger partial charge in [0.25, 0.3) is 0 Å². The van der Waals surface area contributed by atoms with E-state index in [0.29, 0.717) is 39.8 Å². The van der Waals surface area contributed by atoms with E-state index in [-0.39, 0.29) is 30.9 Å². The van der Waals surface area contributed by atoms with Gasteiger partial charge in [0.15, 0.2) is 11.5 Å². The van der Waals surface area contributed by atoms with Crippen molar-refractivity contribution >= 4 is 35.0 Å². The lowest BCUT2D eigenvalue weighted by molar-refractivity contribution is -0.143. The fourth-order valence-electron chi connectivity index (χ4n) is 6.49. The van der Waals surface area contributed by atoms with Crippen LogP contribution in [0.1, 0.15) is 22.3 Å². The Kier molecular flexibility index (Phi) is 5.20. The van der Waals surface area contributed by atoms with Crippen LogP contribution in [-0.2, 0) is 32.9 Å². The molecule has 10 heteroatoms. The summed E-state index contributed by atoms with van der Waals surface area (Å²) < 4.78 is 10.9. The molecule has 4 atom stereocenters. The number of nitrogens with one attached hydrogen (secondary N) is 2. The second-order valence-electron chi connectivity index (χ2n) is 10.4. The zero-order valence-electron chi connectivity index (χ0n) is 20.9. The summed E-state index contributed by atoms with van der Waals surface area (Å²) in [5.74, 6) is -1.52. The molecule has 1 spiro atoms. The van der Waals surface area contributed by atoms with Gasteiger partial charge in [-0.15, -0.1) is 0 Å². The summed E-state index contributed by atoms with van der Waals surface area (Å²) in [6.07, 6.45) is 0.384. The number of phenols is 1. The van der Waals surface area contributed by atoms with E-state index in [1.807, 2.05) is 6.92 Å². The van der Waals surface area contributed by atoms with Crippen LogP contribution in [0, 0.1) is 18.8 Å². The van der Waals surface area contributed by atoms with Gasteiger partial charge in [0.05, 0.1) is 24.1 Å². The number of carbonyl (C=O) groups is 3. The third kappa shape index (κ3) is 3.39. The molecule has 9 nitrogen and oxygen atoms in total. The van der Waals surface area contributed by atoms with Crippen molar-refractivity contribution in [3.63, 3.8) is 0 Å². The first-order chi connectivity index (χ1) is 18.8. The molecule has 0 bridgehead atoms. The van der Waals surface area contributed by atoms with E-state index >= 15 is 0 Å². The summed E-state index contributed by atoms with van der Waals surface area (Å²) in [6, 6.07) is 15.0. The molecule has 39 heavy (non-hydrogen) atoms. The van der Waals surface area contributed by atoms with Gasteiger partial charge in [-0.25, -0.2) is 0 Å². The number of likely N-dealkylation sites (tertiary alicyclic amines) is 1. The van der Waals surface area contributed by atoms with Crippen molar-refractivity contribution in [2.24, 2.45) is 11.8 Å². The van der Waals surface area contributed by atoms with Gasteiger partial charge in [0.2, 0.25) is 24.5 Å². The molecule has 0 radical (unpaired) electrons. The maximum absolute atomic E-state index is 14.1. The smallest absolute Gasteiger partial charge is 0.250 e. The molecule has 0 unspecified atom stereocenters. The fourth-order valence-corrected chi connectivity index (χ4v) is 6.65. The molecule has 0 aliphatic carbocycles. The number of fused-ring (bicyclic) bond motifs is 5. The van der Waals surface area contributed by atoms with Crippen LogP contribution in [-0.4, -0.2) is 40.6 Å². The molecule has 3 aromatic rings. The van der Waals surface area contributed by atoms with Crippen molar-refractivity contribution in [1.82, 2.24) is 10.2 Å². The Bertz CT molecular complexity index is 1570. The molecular weight excluding hydrogens is 522 g/mol. The highest BCUT2D eigenvalue weighted by molar-refractivity contribution is 6.32. The molecule has 3 N–H and O–H groups in total. The first kappa shape index (κ1) is 24.0. The number of benzene rings is 3. The fraction of sp³-hybridized carbons (Fsp3) is 0.276. The number of halogens is 1. The van der Waals surface area contributed by atoms with E-state index in [0.717, 1.165) is 11.1 Å². The monoisotopic (exact) mass is 545 g/mol. The lowest BCUT2D eigenvalue weighted by Gasteiger charge is -2.29. The quantitative estimate of drug-likeness (QED) is 0.431. The van der Waals surface area contributed by atoms with E-state index in [2.05, 4.69) is 10.6 Å². The summed E-state index contributed by atoms with van der Waals surface area (Å²) >= 11 is 6.36. The first-order valence-electron chi connectivity index (χ1n) is 12.7. The van der Waals surface area contributed by atoms with Gasteiger partial charge in [-0.1, -0.05) is 35.9 Å². The van der Waals surface area contributed by atoms with Gasteiger partial charge < -0.3 is 19.9 Å². The van der Waals surface area contributed by atoms with Crippen LogP contribution in [0.3, 0.4) is 0 Å². The zero-order chi connectivity index (χ0) is 27.1. The third-order valence-corrected chi connectivity index (χ3v) is 8.75. The highest BCUT2D eigenvalue weighted by atomic mass is 35.5. The summed E-state index contributed by atoms with van der Waals surface area (Å²) in [7, 11) is 0. The molecule has 3 aromatic carbocycles. The predicted molar refractivity (Wildman–Crippen MR) is 140 cm³/mol. The molecule has 0 saturated carbocycles. The van der Waals surface area contributed by atoms with Crippen LogP contribution < -0.4 is 20.1 Å². The van der Waals surface area contributed by atoms with Gasteiger partial charge in [-0.05, 0) is 60.4 Å². The first-order valence-corrected chi connectivity index (χ1v) is 13.1. The van der Waals surface area contributed by atoms with Crippen LogP contribution in [0.15, 0.2) is 54.6 Å². The Morgan fingerprint density at radius 2 is 1.74 bits per heavy atom. The van der Waals surface area contributed by atoms with E-state index in [4.69, 9.17) is 21.1 Å². The van der Waals surface area contributed by atoms with Gasteiger partial charge in [-0.3, -0.25) is 24.6 Å². The summed E-state index contributed by atoms with van der Waals surface area (Å²) in [5, 5.41) is 16.6. The summed E-state index contributed by atoms with van der Waals surface area (Å²) in [5.41, 5.74) is 2.04. The largest absolute Gasteiger partial charge is 0.508 e. The van der Waals surface area contributed by atoms with Gasteiger partial charge in [0.1, 0.15) is 11.3 Å². The Labute approximate surface area is 228 Å². The number of hydrogen-bond donors (Lipinski definition) is 3. The minimum atomic E-state index is -1.42. The number of imide groups is 1. The number of ether oxygens (including phenoxy) is 2. The number of amides is 3. The molecule has 3 amide bonds. The average Bonchev–Trinajstić information content (AvgIpc) is 3.65. The average molecular weight is 546 g/mol. The van der Waals surface area contributed by atoms with Gasteiger partial charge in [-0.2, -0.15) is 0 Å². The van der Waals surface area contributed by atoms with Crippen LogP contribution in [0.2, 0.25) is 5.02 Å². The highest BCUT2D eigenvalue weighted by Crippen LogP contribution is 2.54. The van der Waals surface area contributed by atoms with E-state index in [9.17, 15) is 19.5 Å². The minimum absolute atomic E-state index is 0.0530. The molecule has 2 saturated heterocycles. The molecule has 4 aliphatic heterocycles. The van der Waals surface area contributed by atoms with Gasteiger partial charge in [0, 0.05) is 16.6 Å². The van der Waals surface area contributed by atoms with Crippen molar-refractivity contribution in [3.8, 4) is 17.2 Å². The van der Waals surface area contributed by atoms with Crippen LogP contribution >= 0.6 is 11.6 Å². The topological polar surface area (TPSA) is 117 Å². The Morgan fingerprint density at radius 1 is 1.00 bits per heavy atom. The highest BCUT2D eigenvalue weighted by Gasteiger charge is 2.70. The number of phenolic OH excluding ortho intramolecular Hbond substituents is 1. The number of hydrogen-bond acceptors (Lipinski definition) is 7. The van der Waals surface area contributed by atoms with E-state index in [1.165, 1.54) is 4.90 Å². The maximum Gasteiger partial charge on any atom is 0.250 e. The molecule has 7 rings (SSSR count). The van der Waals surface area contributed by atoms with Crippen molar-refractivity contribution in [2.45, 2.75) is 31.5 Å². The number of nitrogens with zero attached hydrogens (tertiary/aromatic N) is 1.